The normalized spacial score (nSPS) is 13.0. The van der Waals surface area contributed by atoms with Gasteiger partial charge in [0.2, 0.25) is 0 Å². The van der Waals surface area contributed by atoms with Crippen molar-refractivity contribution < 1.29 is 77.1 Å². The molecule has 0 aromatic heterocycles. The van der Waals surface area contributed by atoms with Crippen molar-refractivity contribution in [2.45, 2.75) is 356 Å². The number of carbonyl (C=O) groups excluding carboxylic acids is 3. The molecule has 0 saturated heterocycles. The highest BCUT2D eigenvalue weighted by Crippen LogP contribution is 2.32. The van der Waals surface area contributed by atoms with E-state index >= 15 is 0 Å². The predicted molar refractivity (Wildman–Crippen MR) is 614 cm³/mol. The Morgan fingerprint density at radius 1 is 0.250 bits per heavy atom. The van der Waals surface area contributed by atoms with Gasteiger partial charge in [0.15, 0.2) is 18.9 Å². The number of phenolic OH excluding ortho intramolecular Hbond substituents is 3. The van der Waals surface area contributed by atoms with E-state index in [0.29, 0.717) is 108 Å². The lowest BCUT2D eigenvalue weighted by molar-refractivity contribution is -0.132. The minimum absolute atomic E-state index is 0.228. The van der Waals surface area contributed by atoms with Crippen LogP contribution in [-0.2, 0) is 48.0 Å². The van der Waals surface area contributed by atoms with Gasteiger partial charge in [0.05, 0.1) is 26.9 Å². The summed E-state index contributed by atoms with van der Waals surface area (Å²) in [5.41, 5.74) is 20.9. The highest BCUT2D eigenvalue weighted by molar-refractivity contribution is 5.70. The third-order valence-electron chi connectivity index (χ3n) is 26.8. The maximum Gasteiger partial charge on any atom is 0.308 e. The van der Waals surface area contributed by atoms with Crippen molar-refractivity contribution in [3.63, 3.8) is 0 Å². The average molecular weight is 2020 g/mol. The van der Waals surface area contributed by atoms with Gasteiger partial charge in [-0.3, -0.25) is 14.4 Å². The molecule has 0 heterocycles. The Morgan fingerprint density at radius 2 is 0.459 bits per heavy atom. The summed E-state index contributed by atoms with van der Waals surface area (Å²) in [6, 6.07) is 91.6. The summed E-state index contributed by atoms with van der Waals surface area (Å²) in [4.78, 5) is 32.0. The van der Waals surface area contributed by atoms with Gasteiger partial charge in [0.25, 0.3) is 0 Å². The summed E-state index contributed by atoms with van der Waals surface area (Å²) in [5, 5.41) is 27.0. The molecule has 16 heteroatoms. The molecular weight excluding hydrogens is 1840 g/mol. The van der Waals surface area contributed by atoms with Crippen molar-refractivity contribution in [2.24, 2.45) is 0 Å². The van der Waals surface area contributed by atoms with Crippen LogP contribution < -0.4 is 33.2 Å². The largest absolute Gasteiger partial charge is 0.508 e. The standard InChI is InChI=1S/C23H32O2.C22H30O3.C21H28O2.3C12H16O2.3C10H14O/c1-6-18(3)22-11-13-23(14-12-22)25-20(5)24-15-7-8-21-10-9-17(2)16-19(21)4;1-5-17(2)20-10-14-22(15-11-20)25-18(3)24-16-6-7-19-8-12-21(23-4)13-9-19;1-6-16(3)19-9-11-21(12-10-19)23-18(5)22-14-20-8-7-15(2)13-17(20)4;3*1-4-9(2)11-5-7-12(8-6-11)14-10(3)13;3*1-3-8(2)9-4-6-10(11)7-5-9/h9-14,16,18,20H,6-8,15H2,1-5H3;8-15,17-18H,5-7,16H2,1-4H3;7-13,16,18H,6,14H2,1-5H3;3*5-9H,4H2,1-3H3;3*4-8,11H,3H2,1-2H3. The Bertz CT molecular complexity index is 5270. The topological polar surface area (TPSA) is 204 Å². The van der Waals surface area contributed by atoms with Gasteiger partial charge in [-0.05, 0) is 384 Å². The fourth-order valence-electron chi connectivity index (χ4n) is 15.1. The molecule has 12 atom stereocenters. The minimum atomic E-state index is -0.277. The summed E-state index contributed by atoms with van der Waals surface area (Å²) < 4.78 is 54.9. The maximum atomic E-state index is 10.7. The Kier molecular flexibility index (Phi) is 62.2. The van der Waals surface area contributed by atoms with E-state index in [1.807, 2.05) is 178 Å². The number of rotatable bonds is 41. The first-order valence-electron chi connectivity index (χ1n) is 53.8. The van der Waals surface area contributed by atoms with Gasteiger partial charge in [-0.2, -0.15) is 0 Å². The molecule has 0 aliphatic heterocycles. The molecule has 0 saturated carbocycles. The molecule has 16 nitrogen and oxygen atoms in total. The lowest BCUT2D eigenvalue weighted by Crippen LogP contribution is -2.17. The van der Waals surface area contributed by atoms with Crippen LogP contribution in [0.1, 0.15) is 379 Å². The molecule has 0 aliphatic rings. The number of aryl methyl sites for hydroxylation is 6. The second-order valence-corrected chi connectivity index (χ2v) is 38.8. The summed E-state index contributed by atoms with van der Waals surface area (Å²) in [7, 11) is 1.68. The van der Waals surface area contributed by atoms with Crippen molar-refractivity contribution in [3.05, 3.63) is 368 Å². The van der Waals surface area contributed by atoms with Gasteiger partial charge < -0.3 is 62.7 Å². The van der Waals surface area contributed by atoms with E-state index in [1.165, 1.54) is 110 Å². The highest BCUT2D eigenvalue weighted by Gasteiger charge is 2.16. The second-order valence-electron chi connectivity index (χ2n) is 38.8. The molecule has 12 rings (SSSR count). The molecular formula is C132H180O16. The van der Waals surface area contributed by atoms with Crippen molar-refractivity contribution in [3.8, 4) is 57.5 Å². The van der Waals surface area contributed by atoms with Gasteiger partial charge in [0.1, 0.15) is 57.5 Å². The molecule has 12 aromatic carbocycles. The summed E-state index contributed by atoms with van der Waals surface area (Å²) in [6.07, 6.45) is 13.5. The van der Waals surface area contributed by atoms with Gasteiger partial charge in [-0.1, -0.05) is 293 Å². The van der Waals surface area contributed by atoms with Crippen molar-refractivity contribution in [1.82, 2.24) is 0 Å². The van der Waals surface area contributed by atoms with Crippen molar-refractivity contribution >= 4 is 17.9 Å². The molecule has 148 heavy (non-hydrogen) atoms. The van der Waals surface area contributed by atoms with Crippen LogP contribution in [0.25, 0.3) is 0 Å². The number of benzene rings is 12. The Hall–Kier alpha value is -12.5. The fraction of sp³-hybridized carbons (Fsp3) is 0.432. The number of phenols is 3. The molecule has 0 fully saturated rings. The van der Waals surface area contributed by atoms with Gasteiger partial charge in [-0.25, -0.2) is 0 Å². The SMILES string of the molecule is CCC(C)c1ccc(O)cc1.CCC(C)c1ccc(O)cc1.CCC(C)c1ccc(O)cc1.CCC(C)c1ccc(OC(C)=O)cc1.CCC(C)c1ccc(OC(C)=O)cc1.CCC(C)c1ccc(OC(C)=O)cc1.CCC(C)c1ccc(OC(C)OCCCc2ccc(C)cc2C)cc1.CCC(C)c1ccc(OC(C)OCCCc2ccc(OC)cc2)cc1.CCC(C)c1ccc(OC(C)OCc2ccc(C)cc2C)cc1. The van der Waals surface area contributed by atoms with Crippen molar-refractivity contribution in [2.75, 3.05) is 20.3 Å². The summed E-state index contributed by atoms with van der Waals surface area (Å²) in [6.45, 7) is 60.0. The Labute approximate surface area is 891 Å². The molecule has 3 N–H and O–H groups in total. The Balaban J connectivity index is 0.000000353. The third-order valence-corrected chi connectivity index (χ3v) is 26.8. The van der Waals surface area contributed by atoms with E-state index in [1.54, 1.807) is 43.5 Å². The van der Waals surface area contributed by atoms with Gasteiger partial charge in [-0.15, -0.1) is 0 Å². The lowest BCUT2D eigenvalue weighted by Gasteiger charge is -2.17. The molecule has 804 valence electrons. The van der Waals surface area contributed by atoms with Crippen LogP contribution in [0.15, 0.2) is 279 Å². The zero-order valence-corrected chi connectivity index (χ0v) is 94.9. The first-order chi connectivity index (χ1) is 70.7. The molecule has 0 radical (unpaired) electrons. The van der Waals surface area contributed by atoms with E-state index in [9.17, 15) is 14.4 Å². The average Bonchev–Trinajstić information content (AvgIpc) is 0.842. The second kappa shape index (κ2) is 72.0. The third kappa shape index (κ3) is 51.9. The molecule has 0 bridgehead atoms. The van der Waals surface area contributed by atoms with Crippen LogP contribution >= 0.6 is 0 Å². The maximum absolute atomic E-state index is 10.7. The molecule has 0 amide bonds. The van der Waals surface area contributed by atoms with E-state index < -0.39 is 0 Å². The van der Waals surface area contributed by atoms with E-state index in [4.69, 9.17) is 62.7 Å². The number of ether oxygens (including phenoxy) is 10. The van der Waals surface area contributed by atoms with Crippen LogP contribution in [-0.4, -0.2) is 72.4 Å². The number of hydrogen-bond donors (Lipinski definition) is 3. The fourth-order valence-corrected chi connectivity index (χ4v) is 15.1. The monoisotopic (exact) mass is 2020 g/mol. The zero-order valence-electron chi connectivity index (χ0n) is 94.9. The number of esters is 3. The predicted octanol–water partition coefficient (Wildman–Crippen LogP) is 35.6. The zero-order chi connectivity index (χ0) is 110. The molecule has 12 aromatic rings. The summed E-state index contributed by atoms with van der Waals surface area (Å²) >= 11 is 0. The molecule has 0 spiro atoms. The smallest absolute Gasteiger partial charge is 0.308 e. The first-order valence-corrected chi connectivity index (χ1v) is 53.8. The van der Waals surface area contributed by atoms with E-state index in [-0.39, 0.29) is 36.8 Å². The minimum Gasteiger partial charge on any atom is -0.508 e. The number of hydrogen-bond acceptors (Lipinski definition) is 16. The van der Waals surface area contributed by atoms with E-state index in [0.717, 1.165) is 106 Å². The van der Waals surface area contributed by atoms with Crippen LogP contribution in [0.2, 0.25) is 0 Å². The number of methoxy groups -OCH3 is 1. The highest BCUT2D eigenvalue weighted by atomic mass is 16.7. The van der Waals surface area contributed by atoms with Crippen molar-refractivity contribution in [1.29, 1.82) is 0 Å². The van der Waals surface area contributed by atoms with Crippen LogP contribution in [0.5, 0.6) is 57.5 Å². The number of carbonyl (C=O) groups is 3. The number of aromatic hydroxyl groups is 3. The first kappa shape index (κ1) is 128. The van der Waals surface area contributed by atoms with Crippen LogP contribution in [0.4, 0.5) is 0 Å². The summed E-state index contributed by atoms with van der Waals surface area (Å²) in [5.74, 6) is 10.7. The van der Waals surface area contributed by atoms with E-state index in [2.05, 4.69) is 237 Å². The Morgan fingerprint density at radius 3 is 0.682 bits per heavy atom. The lowest BCUT2D eigenvalue weighted by atomic mass is 9.99. The van der Waals surface area contributed by atoms with Gasteiger partial charge >= 0.3 is 17.9 Å². The van der Waals surface area contributed by atoms with Crippen LogP contribution in [0.3, 0.4) is 0 Å². The van der Waals surface area contributed by atoms with Gasteiger partial charge in [0, 0.05) is 20.8 Å². The molecule has 0 aliphatic carbocycles. The quantitative estimate of drug-likeness (QED) is 0.0141. The molecule has 12 unspecified atom stereocenters. The van der Waals surface area contributed by atoms with Crippen LogP contribution in [0, 0.1) is 27.7 Å².